The van der Waals surface area contributed by atoms with Crippen LogP contribution in [0, 0.1) is 13.8 Å². The van der Waals surface area contributed by atoms with Crippen molar-refractivity contribution in [2.75, 3.05) is 13.6 Å². The highest BCUT2D eigenvalue weighted by Crippen LogP contribution is 2.22. The summed E-state index contributed by atoms with van der Waals surface area (Å²) in [6, 6.07) is 7.10. The smallest absolute Gasteiger partial charge is 0.248 e. The molecule has 0 aliphatic rings. The second kappa shape index (κ2) is 7.33. The van der Waals surface area contributed by atoms with Crippen molar-refractivity contribution in [1.29, 1.82) is 0 Å². The van der Waals surface area contributed by atoms with Gasteiger partial charge in [-0.05, 0) is 25.5 Å². The molecule has 0 saturated heterocycles. The van der Waals surface area contributed by atoms with Crippen LogP contribution < -0.4 is 5.32 Å². The van der Waals surface area contributed by atoms with Gasteiger partial charge in [-0.25, -0.2) is 8.42 Å². The molecule has 1 aromatic carbocycles. The number of hydrogen-bond acceptors (Lipinski definition) is 5. The second-order valence-electron chi connectivity index (χ2n) is 5.28. The van der Waals surface area contributed by atoms with Gasteiger partial charge in [0, 0.05) is 18.6 Å². The molecule has 9 heteroatoms. The molecule has 2 aromatic rings. The van der Waals surface area contributed by atoms with Gasteiger partial charge in [-0.3, -0.25) is 4.79 Å². The van der Waals surface area contributed by atoms with E-state index in [1.165, 1.54) is 20.9 Å². The molecule has 1 aromatic heterocycles. The number of benzene rings is 1. The number of rotatable bonds is 6. The molecule has 1 heterocycles. The van der Waals surface area contributed by atoms with Crippen LogP contribution in [0.5, 0.6) is 0 Å². The summed E-state index contributed by atoms with van der Waals surface area (Å²) in [5.74, 6) is -0.247. The standard InChI is InChI=1S/C15H18ClN3O4S/c1-10-15(11(2)23-18-10)24(21,22)19(3)9-14(20)17-8-12-6-4-5-7-13(12)16/h4-7H,8-9H2,1-3H3,(H,17,20). The molecule has 0 spiro atoms. The van der Waals surface area contributed by atoms with Crippen molar-refractivity contribution >= 4 is 27.5 Å². The number of nitrogens with one attached hydrogen (secondary N) is 1. The maximum absolute atomic E-state index is 12.5. The van der Waals surface area contributed by atoms with Crippen LogP contribution in [0.2, 0.25) is 5.02 Å². The van der Waals surface area contributed by atoms with Crippen molar-refractivity contribution in [2.24, 2.45) is 0 Å². The molecule has 0 radical (unpaired) electrons. The van der Waals surface area contributed by atoms with E-state index in [2.05, 4.69) is 10.5 Å². The summed E-state index contributed by atoms with van der Waals surface area (Å²) in [6.45, 7) is 2.95. The van der Waals surface area contributed by atoms with Gasteiger partial charge in [0.15, 0.2) is 5.76 Å². The van der Waals surface area contributed by atoms with Crippen LogP contribution in [-0.4, -0.2) is 37.4 Å². The summed E-state index contributed by atoms with van der Waals surface area (Å²) in [5.41, 5.74) is 1.01. The van der Waals surface area contributed by atoms with Crippen molar-refractivity contribution in [3.8, 4) is 0 Å². The lowest BCUT2D eigenvalue weighted by Crippen LogP contribution is -2.38. The maximum Gasteiger partial charge on any atom is 0.248 e. The lowest BCUT2D eigenvalue weighted by Gasteiger charge is -2.16. The Morgan fingerprint density at radius 3 is 2.58 bits per heavy atom. The van der Waals surface area contributed by atoms with Gasteiger partial charge in [-0.2, -0.15) is 4.31 Å². The van der Waals surface area contributed by atoms with E-state index in [0.29, 0.717) is 5.02 Å². The molecule has 0 fully saturated rings. The zero-order valence-corrected chi connectivity index (χ0v) is 15.1. The first-order valence-corrected chi connectivity index (χ1v) is 8.94. The van der Waals surface area contributed by atoms with Crippen LogP contribution in [0.15, 0.2) is 33.7 Å². The minimum atomic E-state index is -3.85. The number of carbonyl (C=O) groups excluding carboxylic acids is 1. The van der Waals surface area contributed by atoms with Gasteiger partial charge in [0.2, 0.25) is 15.9 Å². The number of hydrogen-bond donors (Lipinski definition) is 1. The maximum atomic E-state index is 12.5. The van der Waals surface area contributed by atoms with Crippen LogP contribution in [-0.2, 0) is 21.4 Å². The molecule has 0 saturated carbocycles. The van der Waals surface area contributed by atoms with E-state index >= 15 is 0 Å². The first-order valence-electron chi connectivity index (χ1n) is 7.12. The number of likely N-dealkylation sites (N-methyl/N-ethyl adjacent to an activating group) is 1. The Morgan fingerprint density at radius 1 is 1.33 bits per heavy atom. The average molecular weight is 372 g/mol. The number of amides is 1. The van der Waals surface area contributed by atoms with E-state index in [1.807, 2.05) is 0 Å². The Kier molecular flexibility index (Phi) is 5.63. The van der Waals surface area contributed by atoms with Crippen LogP contribution in [0.25, 0.3) is 0 Å². The SMILES string of the molecule is Cc1noc(C)c1S(=O)(=O)N(C)CC(=O)NCc1ccccc1Cl. The van der Waals surface area contributed by atoms with Gasteiger partial charge in [-0.1, -0.05) is 35.0 Å². The van der Waals surface area contributed by atoms with Crippen LogP contribution in [0.1, 0.15) is 17.0 Å². The minimum absolute atomic E-state index is 0.0103. The summed E-state index contributed by atoms with van der Waals surface area (Å²) < 4.78 is 30.9. The van der Waals surface area contributed by atoms with Gasteiger partial charge in [0.05, 0.1) is 6.54 Å². The van der Waals surface area contributed by atoms with E-state index in [4.69, 9.17) is 16.1 Å². The molecule has 2 rings (SSSR count). The highest BCUT2D eigenvalue weighted by atomic mass is 35.5. The van der Waals surface area contributed by atoms with Crippen molar-refractivity contribution < 1.29 is 17.7 Å². The fraction of sp³-hybridized carbons (Fsp3) is 0.333. The molecule has 0 atom stereocenters. The Labute approximate surface area is 145 Å². The number of carbonyl (C=O) groups is 1. The summed E-state index contributed by atoms with van der Waals surface area (Å²) >= 11 is 6.01. The molecular formula is C15H18ClN3O4S. The lowest BCUT2D eigenvalue weighted by molar-refractivity contribution is -0.121. The third kappa shape index (κ3) is 3.95. The largest absolute Gasteiger partial charge is 0.360 e. The molecule has 130 valence electrons. The number of halogens is 1. The Morgan fingerprint density at radius 2 is 2.00 bits per heavy atom. The molecule has 1 N–H and O–H groups in total. The second-order valence-corrected chi connectivity index (χ2v) is 7.67. The van der Waals surface area contributed by atoms with Gasteiger partial charge >= 0.3 is 0 Å². The van der Waals surface area contributed by atoms with E-state index in [1.54, 1.807) is 24.3 Å². The van der Waals surface area contributed by atoms with Crippen molar-refractivity contribution in [3.05, 3.63) is 46.3 Å². The molecule has 7 nitrogen and oxygen atoms in total. The average Bonchev–Trinajstić information content (AvgIpc) is 2.86. The van der Waals surface area contributed by atoms with Crippen LogP contribution in [0.3, 0.4) is 0 Å². The monoisotopic (exact) mass is 371 g/mol. The van der Waals surface area contributed by atoms with Gasteiger partial charge in [0.25, 0.3) is 0 Å². The summed E-state index contributed by atoms with van der Waals surface area (Å²) in [4.78, 5) is 12.0. The zero-order valence-electron chi connectivity index (χ0n) is 13.5. The zero-order chi connectivity index (χ0) is 17.9. The van der Waals surface area contributed by atoms with Crippen molar-refractivity contribution in [3.63, 3.8) is 0 Å². The molecule has 0 unspecified atom stereocenters. The fourth-order valence-electron chi connectivity index (χ4n) is 2.18. The number of aryl methyl sites for hydroxylation is 2. The van der Waals surface area contributed by atoms with Crippen molar-refractivity contribution in [2.45, 2.75) is 25.3 Å². The summed E-state index contributed by atoms with van der Waals surface area (Å²) in [5, 5.41) is 6.82. The summed E-state index contributed by atoms with van der Waals surface area (Å²) in [7, 11) is -2.52. The molecule has 1 amide bonds. The lowest BCUT2D eigenvalue weighted by atomic mass is 10.2. The Hall–Kier alpha value is -1.90. The topological polar surface area (TPSA) is 92.5 Å². The fourth-order valence-corrected chi connectivity index (χ4v) is 3.79. The molecule has 0 aliphatic carbocycles. The summed E-state index contributed by atoms with van der Waals surface area (Å²) in [6.07, 6.45) is 0. The normalized spacial score (nSPS) is 11.7. The van der Waals surface area contributed by atoms with Gasteiger partial charge < -0.3 is 9.84 Å². The number of sulfonamides is 1. The van der Waals surface area contributed by atoms with Crippen LogP contribution in [0.4, 0.5) is 0 Å². The third-order valence-electron chi connectivity index (χ3n) is 3.44. The molecule has 0 aliphatic heterocycles. The minimum Gasteiger partial charge on any atom is -0.360 e. The quantitative estimate of drug-likeness (QED) is 0.836. The highest BCUT2D eigenvalue weighted by Gasteiger charge is 2.29. The predicted octanol–water partition coefficient (Wildman–Crippen LogP) is 1.88. The van der Waals surface area contributed by atoms with Gasteiger partial charge in [-0.15, -0.1) is 0 Å². The molecule has 0 bridgehead atoms. The van der Waals surface area contributed by atoms with E-state index in [-0.39, 0.29) is 29.4 Å². The Balaban J connectivity index is 2.02. The number of aromatic nitrogens is 1. The van der Waals surface area contributed by atoms with Crippen molar-refractivity contribution in [1.82, 2.24) is 14.8 Å². The Bertz CT molecular complexity index is 829. The third-order valence-corrected chi connectivity index (χ3v) is 5.85. The van der Waals surface area contributed by atoms with Gasteiger partial charge in [0.1, 0.15) is 10.6 Å². The molecular weight excluding hydrogens is 354 g/mol. The van der Waals surface area contributed by atoms with E-state index < -0.39 is 15.9 Å². The predicted molar refractivity (Wildman–Crippen MR) is 89.1 cm³/mol. The first kappa shape index (κ1) is 18.4. The van der Waals surface area contributed by atoms with E-state index in [0.717, 1.165) is 9.87 Å². The van der Waals surface area contributed by atoms with Crippen LogP contribution >= 0.6 is 11.6 Å². The van der Waals surface area contributed by atoms with E-state index in [9.17, 15) is 13.2 Å². The first-order chi connectivity index (χ1) is 11.2. The highest BCUT2D eigenvalue weighted by molar-refractivity contribution is 7.89. The number of nitrogens with zero attached hydrogens (tertiary/aromatic N) is 2. The molecule has 24 heavy (non-hydrogen) atoms.